The number of thiophene rings is 1. The first-order valence-corrected chi connectivity index (χ1v) is 10.2. The summed E-state index contributed by atoms with van der Waals surface area (Å²) in [4.78, 5) is 35.2. The Kier molecular flexibility index (Phi) is 5.43. The number of fused-ring (bicyclic) bond motifs is 1. The van der Waals surface area contributed by atoms with E-state index < -0.39 is 0 Å². The smallest absolute Gasteiger partial charge is 0.252 e. The molecular weight excluding hydrogens is 372 g/mol. The third-order valence-electron chi connectivity index (χ3n) is 4.79. The molecule has 1 aromatic carbocycles. The maximum Gasteiger partial charge on any atom is 0.252 e. The lowest BCUT2D eigenvalue weighted by atomic mass is 10.0. The molecule has 4 rings (SSSR count). The zero-order valence-electron chi connectivity index (χ0n) is 15.2. The van der Waals surface area contributed by atoms with Crippen molar-refractivity contribution in [1.29, 1.82) is 0 Å². The van der Waals surface area contributed by atoms with Gasteiger partial charge in [0.1, 0.15) is 0 Å². The van der Waals surface area contributed by atoms with E-state index in [2.05, 4.69) is 15.3 Å². The third kappa shape index (κ3) is 4.26. The van der Waals surface area contributed by atoms with Gasteiger partial charge in [-0.25, -0.2) is 4.98 Å². The molecule has 1 fully saturated rings. The summed E-state index contributed by atoms with van der Waals surface area (Å²) >= 11 is 1.51. The third-order valence-corrected chi connectivity index (χ3v) is 5.47. The van der Waals surface area contributed by atoms with Crippen LogP contribution in [0.5, 0.6) is 0 Å². The number of hydrogen-bond donors (Lipinski definition) is 1. The topological polar surface area (TPSA) is 75.2 Å². The van der Waals surface area contributed by atoms with E-state index in [0.29, 0.717) is 24.3 Å². The standard InChI is InChI=1S/C21H20N4O2S/c26-20(6-5-17-13-22-18-3-1-2-4-19(18)23-17)25-10-7-16(8-11-25)24-21(27)15-9-12-28-14-15/h1-6,9,12-14,16H,7-8,10-11H2,(H,24,27). The van der Waals surface area contributed by atoms with Gasteiger partial charge in [-0.05, 0) is 42.5 Å². The average Bonchev–Trinajstić information content (AvgIpc) is 3.27. The van der Waals surface area contributed by atoms with Crippen molar-refractivity contribution in [2.45, 2.75) is 18.9 Å². The molecule has 0 saturated carbocycles. The Morgan fingerprint density at radius 2 is 1.93 bits per heavy atom. The largest absolute Gasteiger partial charge is 0.349 e. The molecule has 1 N–H and O–H groups in total. The molecule has 1 aliphatic rings. The van der Waals surface area contributed by atoms with Crippen molar-refractivity contribution in [2.75, 3.05) is 13.1 Å². The van der Waals surface area contributed by atoms with Crippen molar-refractivity contribution in [3.8, 4) is 0 Å². The van der Waals surface area contributed by atoms with E-state index in [4.69, 9.17) is 0 Å². The zero-order chi connectivity index (χ0) is 19.3. The molecule has 0 radical (unpaired) electrons. The molecule has 6 nitrogen and oxygen atoms in total. The van der Waals surface area contributed by atoms with Crippen molar-refractivity contribution < 1.29 is 9.59 Å². The van der Waals surface area contributed by atoms with Crippen LogP contribution in [-0.2, 0) is 4.79 Å². The molecule has 28 heavy (non-hydrogen) atoms. The summed E-state index contributed by atoms with van der Waals surface area (Å²) in [5.41, 5.74) is 2.99. The van der Waals surface area contributed by atoms with Crippen LogP contribution in [0, 0.1) is 0 Å². The molecule has 2 aromatic heterocycles. The van der Waals surface area contributed by atoms with Crippen LogP contribution in [0.4, 0.5) is 0 Å². The van der Waals surface area contributed by atoms with Gasteiger partial charge >= 0.3 is 0 Å². The van der Waals surface area contributed by atoms with Crippen LogP contribution in [0.15, 0.2) is 53.4 Å². The fourth-order valence-electron chi connectivity index (χ4n) is 3.22. The van der Waals surface area contributed by atoms with Gasteiger partial charge in [-0.3, -0.25) is 14.6 Å². The quantitative estimate of drug-likeness (QED) is 0.692. The van der Waals surface area contributed by atoms with Gasteiger partial charge in [-0.15, -0.1) is 0 Å². The van der Waals surface area contributed by atoms with E-state index >= 15 is 0 Å². The monoisotopic (exact) mass is 392 g/mol. The van der Waals surface area contributed by atoms with Crippen molar-refractivity contribution in [2.24, 2.45) is 0 Å². The summed E-state index contributed by atoms with van der Waals surface area (Å²) in [6.07, 6.45) is 6.42. The van der Waals surface area contributed by atoms with Gasteiger partial charge in [0.25, 0.3) is 5.91 Å². The number of amides is 2. The van der Waals surface area contributed by atoms with Crippen molar-refractivity contribution >= 4 is 40.3 Å². The van der Waals surface area contributed by atoms with Gasteiger partial charge < -0.3 is 10.2 Å². The Balaban J connectivity index is 1.31. The maximum atomic E-state index is 12.5. The van der Waals surface area contributed by atoms with E-state index in [0.717, 1.165) is 23.9 Å². The van der Waals surface area contributed by atoms with Crippen molar-refractivity contribution in [1.82, 2.24) is 20.2 Å². The van der Waals surface area contributed by atoms with Gasteiger partial charge in [0, 0.05) is 36.2 Å². The number of likely N-dealkylation sites (tertiary alicyclic amines) is 1. The molecule has 3 aromatic rings. The van der Waals surface area contributed by atoms with Crippen LogP contribution in [0.1, 0.15) is 28.9 Å². The minimum atomic E-state index is -0.0439. The van der Waals surface area contributed by atoms with E-state index in [1.54, 1.807) is 23.2 Å². The van der Waals surface area contributed by atoms with Crippen LogP contribution >= 0.6 is 11.3 Å². The minimum Gasteiger partial charge on any atom is -0.349 e. The van der Waals surface area contributed by atoms with Crippen LogP contribution in [0.2, 0.25) is 0 Å². The Morgan fingerprint density at radius 1 is 1.14 bits per heavy atom. The maximum absolute atomic E-state index is 12.5. The predicted molar refractivity (Wildman–Crippen MR) is 110 cm³/mol. The second-order valence-corrected chi connectivity index (χ2v) is 7.48. The molecule has 0 unspecified atom stereocenters. The molecule has 0 bridgehead atoms. The molecule has 3 heterocycles. The molecular formula is C21H20N4O2S. The summed E-state index contributed by atoms with van der Waals surface area (Å²) in [7, 11) is 0. The highest BCUT2D eigenvalue weighted by Gasteiger charge is 2.23. The Hall–Kier alpha value is -3.06. The SMILES string of the molecule is O=C(NC1CCN(C(=O)C=Cc2cnc3ccccc3n2)CC1)c1ccsc1. The number of nitrogens with one attached hydrogen (secondary N) is 1. The first-order chi connectivity index (χ1) is 13.7. The molecule has 2 amide bonds. The summed E-state index contributed by atoms with van der Waals surface area (Å²) in [6, 6.07) is 9.56. The number of carbonyl (C=O) groups excluding carboxylic acids is 2. The average molecular weight is 392 g/mol. The van der Waals surface area contributed by atoms with Gasteiger partial charge in [0.2, 0.25) is 5.91 Å². The van der Waals surface area contributed by atoms with Crippen LogP contribution < -0.4 is 5.32 Å². The first kappa shape index (κ1) is 18.3. The Bertz CT molecular complexity index is 1010. The number of aromatic nitrogens is 2. The van der Waals surface area contributed by atoms with E-state index in [1.807, 2.05) is 41.1 Å². The molecule has 1 saturated heterocycles. The minimum absolute atomic E-state index is 0.0409. The number of hydrogen-bond acceptors (Lipinski definition) is 5. The van der Waals surface area contributed by atoms with Gasteiger partial charge in [0.15, 0.2) is 0 Å². The van der Waals surface area contributed by atoms with Crippen LogP contribution in [0.25, 0.3) is 17.1 Å². The van der Waals surface area contributed by atoms with Crippen LogP contribution in [0.3, 0.4) is 0 Å². The highest BCUT2D eigenvalue weighted by atomic mass is 32.1. The fourth-order valence-corrected chi connectivity index (χ4v) is 3.86. The van der Waals surface area contributed by atoms with E-state index in [1.165, 1.54) is 11.3 Å². The van der Waals surface area contributed by atoms with E-state index in [-0.39, 0.29) is 17.9 Å². The van der Waals surface area contributed by atoms with Crippen molar-refractivity contribution in [3.63, 3.8) is 0 Å². The summed E-state index contributed by atoms with van der Waals surface area (Å²) in [5.74, 6) is -0.0848. The summed E-state index contributed by atoms with van der Waals surface area (Å²) in [5, 5.41) is 6.78. The second kappa shape index (κ2) is 8.31. The number of rotatable bonds is 4. The van der Waals surface area contributed by atoms with Crippen LogP contribution in [-0.4, -0.2) is 45.8 Å². The lowest BCUT2D eigenvalue weighted by molar-refractivity contribution is -0.126. The highest BCUT2D eigenvalue weighted by Crippen LogP contribution is 2.14. The lowest BCUT2D eigenvalue weighted by Crippen LogP contribution is -2.46. The molecule has 0 aliphatic carbocycles. The predicted octanol–water partition coefficient (Wildman–Crippen LogP) is 3.13. The highest BCUT2D eigenvalue weighted by molar-refractivity contribution is 7.08. The molecule has 7 heteroatoms. The summed E-state index contributed by atoms with van der Waals surface area (Å²) < 4.78 is 0. The van der Waals surface area contributed by atoms with Gasteiger partial charge in [-0.2, -0.15) is 11.3 Å². The molecule has 0 atom stereocenters. The zero-order valence-corrected chi connectivity index (χ0v) is 16.1. The Morgan fingerprint density at radius 3 is 2.68 bits per heavy atom. The molecule has 142 valence electrons. The van der Waals surface area contributed by atoms with Gasteiger partial charge in [-0.1, -0.05) is 12.1 Å². The first-order valence-electron chi connectivity index (χ1n) is 9.21. The summed E-state index contributed by atoms with van der Waals surface area (Å²) in [6.45, 7) is 1.25. The fraction of sp³-hybridized carbons (Fsp3) is 0.238. The molecule has 0 spiro atoms. The van der Waals surface area contributed by atoms with E-state index in [9.17, 15) is 9.59 Å². The lowest BCUT2D eigenvalue weighted by Gasteiger charge is -2.31. The number of nitrogens with zero attached hydrogens (tertiary/aromatic N) is 3. The molecule has 1 aliphatic heterocycles. The number of para-hydroxylation sites is 2. The number of piperidine rings is 1. The second-order valence-electron chi connectivity index (χ2n) is 6.70. The number of carbonyl (C=O) groups is 2. The number of benzene rings is 1. The Labute approximate surface area is 166 Å². The van der Waals surface area contributed by atoms with Gasteiger partial charge in [0.05, 0.1) is 22.9 Å². The van der Waals surface area contributed by atoms with Crippen molar-refractivity contribution in [3.05, 3.63) is 64.6 Å². The normalized spacial score (nSPS) is 15.2.